The first-order valence-electron chi connectivity index (χ1n) is 9.19. The summed E-state index contributed by atoms with van der Waals surface area (Å²) in [6, 6.07) is 17.7. The van der Waals surface area contributed by atoms with Crippen molar-refractivity contribution in [2.45, 2.75) is 0 Å². The number of methoxy groups -OCH3 is 2. The number of nitrogens with one attached hydrogen (secondary N) is 2. The second-order valence-electron chi connectivity index (χ2n) is 6.80. The van der Waals surface area contributed by atoms with Gasteiger partial charge < -0.3 is 24.5 Å². The van der Waals surface area contributed by atoms with Crippen LogP contribution in [0.2, 0.25) is 0 Å². The van der Waals surface area contributed by atoms with Gasteiger partial charge in [-0.25, -0.2) is 4.98 Å². The molecule has 6 nitrogen and oxygen atoms in total. The normalized spacial score (nSPS) is 11.2. The zero-order valence-electron chi connectivity index (χ0n) is 16.0. The number of phenolic OH excluding ortho intramolecular Hbond substituents is 1. The Morgan fingerprint density at radius 1 is 0.897 bits per heavy atom. The highest BCUT2D eigenvalue weighted by Crippen LogP contribution is 2.42. The van der Waals surface area contributed by atoms with Crippen LogP contribution in [0.3, 0.4) is 0 Å². The van der Waals surface area contributed by atoms with Gasteiger partial charge in [0.1, 0.15) is 5.82 Å². The molecule has 6 heteroatoms. The summed E-state index contributed by atoms with van der Waals surface area (Å²) in [4.78, 5) is 11.5. The third-order valence-corrected chi connectivity index (χ3v) is 5.11. The minimum absolute atomic E-state index is 0.0209. The van der Waals surface area contributed by atoms with Crippen LogP contribution < -0.4 is 9.47 Å². The van der Waals surface area contributed by atoms with Crippen molar-refractivity contribution in [3.8, 4) is 39.8 Å². The fraction of sp³-hybridized carbons (Fsp3) is 0.0870. The van der Waals surface area contributed by atoms with Gasteiger partial charge in [0.25, 0.3) is 0 Å². The van der Waals surface area contributed by atoms with Crippen LogP contribution in [0.1, 0.15) is 0 Å². The van der Waals surface area contributed by atoms with Gasteiger partial charge in [0.05, 0.1) is 25.3 Å². The summed E-state index contributed by atoms with van der Waals surface area (Å²) in [5.41, 5.74) is 5.53. The molecule has 2 aromatic heterocycles. The summed E-state index contributed by atoms with van der Waals surface area (Å²) in [7, 11) is 3.05. The third-order valence-electron chi connectivity index (χ3n) is 5.11. The van der Waals surface area contributed by atoms with E-state index in [-0.39, 0.29) is 5.75 Å². The Morgan fingerprint density at radius 2 is 1.79 bits per heavy atom. The summed E-state index contributed by atoms with van der Waals surface area (Å²) in [6.07, 6.45) is 1.93. The number of aromatic hydroxyl groups is 1. The van der Waals surface area contributed by atoms with Crippen molar-refractivity contribution in [3.63, 3.8) is 0 Å². The van der Waals surface area contributed by atoms with E-state index < -0.39 is 0 Å². The summed E-state index contributed by atoms with van der Waals surface area (Å²) in [5.74, 6) is 1.59. The van der Waals surface area contributed by atoms with E-state index in [9.17, 15) is 5.11 Å². The molecular formula is C23H19N3O3. The maximum Gasteiger partial charge on any atom is 0.203 e. The number of ether oxygens (including phenoxy) is 2. The number of nitrogens with zero attached hydrogens (tertiary/aromatic N) is 1. The minimum Gasteiger partial charge on any atom is -0.504 e. The topological polar surface area (TPSA) is 83.2 Å². The van der Waals surface area contributed by atoms with Crippen LogP contribution in [0.5, 0.6) is 17.2 Å². The van der Waals surface area contributed by atoms with Crippen LogP contribution in [-0.4, -0.2) is 34.3 Å². The average molecular weight is 385 g/mol. The molecule has 0 spiro atoms. The first kappa shape index (κ1) is 17.2. The van der Waals surface area contributed by atoms with Crippen molar-refractivity contribution < 1.29 is 14.6 Å². The fourth-order valence-electron chi connectivity index (χ4n) is 3.70. The first-order chi connectivity index (χ1) is 14.2. The van der Waals surface area contributed by atoms with Crippen LogP contribution in [-0.2, 0) is 0 Å². The molecule has 3 N–H and O–H groups in total. The number of benzene rings is 3. The summed E-state index contributed by atoms with van der Waals surface area (Å²) in [6.45, 7) is 0. The minimum atomic E-state index is 0.0209. The largest absolute Gasteiger partial charge is 0.504 e. The lowest BCUT2D eigenvalue weighted by molar-refractivity contribution is 0.333. The summed E-state index contributed by atoms with van der Waals surface area (Å²) >= 11 is 0. The monoisotopic (exact) mass is 385 g/mol. The molecule has 0 saturated carbocycles. The van der Waals surface area contributed by atoms with Crippen LogP contribution in [0.15, 0.2) is 60.8 Å². The Labute approximate surface area is 166 Å². The molecule has 0 aliphatic carbocycles. The predicted octanol–water partition coefficient (Wildman–Crippen LogP) is 5.10. The highest BCUT2D eigenvalue weighted by molar-refractivity contribution is 5.95. The smallest absolute Gasteiger partial charge is 0.203 e. The Balaban J connectivity index is 1.67. The molecule has 5 rings (SSSR count). The number of imidazole rings is 1. The van der Waals surface area contributed by atoms with Crippen LogP contribution in [0.4, 0.5) is 0 Å². The maximum atomic E-state index is 10.4. The van der Waals surface area contributed by atoms with E-state index in [1.807, 2.05) is 48.7 Å². The second kappa shape index (κ2) is 6.60. The SMILES string of the molecule is COc1cc(-c2cccc3[nH]c(-c4ccc5[nH]ccc5c4)nc23)cc(O)c1OC. The number of hydrogen-bond donors (Lipinski definition) is 3. The summed E-state index contributed by atoms with van der Waals surface area (Å²) in [5, 5.41) is 11.5. The molecule has 2 heterocycles. The highest BCUT2D eigenvalue weighted by atomic mass is 16.5. The van der Waals surface area contributed by atoms with Crippen molar-refractivity contribution >= 4 is 21.9 Å². The molecule has 144 valence electrons. The molecule has 0 unspecified atom stereocenters. The van der Waals surface area contributed by atoms with Gasteiger partial charge in [-0.3, -0.25) is 0 Å². The molecule has 0 radical (unpaired) electrons. The van der Waals surface area contributed by atoms with Crippen LogP contribution in [0.25, 0.3) is 44.5 Å². The Kier molecular flexibility index (Phi) is 3.91. The van der Waals surface area contributed by atoms with Gasteiger partial charge in [-0.15, -0.1) is 0 Å². The average Bonchev–Trinajstić information content (AvgIpc) is 3.38. The van der Waals surface area contributed by atoms with E-state index in [2.05, 4.69) is 16.0 Å². The van der Waals surface area contributed by atoms with E-state index >= 15 is 0 Å². The second-order valence-corrected chi connectivity index (χ2v) is 6.80. The van der Waals surface area contributed by atoms with Gasteiger partial charge >= 0.3 is 0 Å². The van der Waals surface area contributed by atoms with Crippen molar-refractivity contribution in [1.82, 2.24) is 15.0 Å². The van der Waals surface area contributed by atoms with E-state index in [4.69, 9.17) is 14.5 Å². The fourth-order valence-corrected chi connectivity index (χ4v) is 3.70. The molecule has 5 aromatic rings. The van der Waals surface area contributed by atoms with Gasteiger partial charge in [0.15, 0.2) is 11.5 Å². The predicted molar refractivity (Wildman–Crippen MR) is 114 cm³/mol. The first-order valence-corrected chi connectivity index (χ1v) is 9.19. The highest BCUT2D eigenvalue weighted by Gasteiger charge is 2.16. The number of hydrogen-bond acceptors (Lipinski definition) is 4. The van der Waals surface area contributed by atoms with Gasteiger partial charge in [-0.05, 0) is 48.0 Å². The van der Waals surface area contributed by atoms with Gasteiger partial charge in [0.2, 0.25) is 5.75 Å². The quantitative estimate of drug-likeness (QED) is 0.402. The number of phenols is 1. The molecule has 3 aromatic carbocycles. The molecule has 0 saturated heterocycles. The number of fused-ring (bicyclic) bond motifs is 2. The lowest BCUT2D eigenvalue weighted by Gasteiger charge is -2.12. The molecule has 0 amide bonds. The van der Waals surface area contributed by atoms with Crippen molar-refractivity contribution in [1.29, 1.82) is 0 Å². The number of aromatic nitrogens is 3. The molecule has 0 bridgehead atoms. The molecular weight excluding hydrogens is 366 g/mol. The zero-order valence-corrected chi connectivity index (χ0v) is 16.0. The van der Waals surface area contributed by atoms with Crippen molar-refractivity contribution in [2.75, 3.05) is 14.2 Å². The number of H-pyrrole nitrogens is 2. The molecule has 0 atom stereocenters. The Morgan fingerprint density at radius 3 is 2.62 bits per heavy atom. The van der Waals surface area contributed by atoms with Crippen molar-refractivity contribution in [3.05, 3.63) is 60.8 Å². The lowest BCUT2D eigenvalue weighted by Crippen LogP contribution is -1.92. The van der Waals surface area contributed by atoms with Crippen molar-refractivity contribution in [2.24, 2.45) is 0 Å². The zero-order chi connectivity index (χ0) is 20.0. The summed E-state index contributed by atoms with van der Waals surface area (Å²) < 4.78 is 10.6. The number of aromatic amines is 2. The Hall–Kier alpha value is -3.93. The third kappa shape index (κ3) is 2.77. The van der Waals surface area contributed by atoms with Gasteiger partial charge in [-0.2, -0.15) is 0 Å². The van der Waals surface area contributed by atoms with E-state index in [1.54, 1.807) is 13.2 Å². The molecule has 0 aliphatic rings. The maximum absolute atomic E-state index is 10.4. The number of rotatable bonds is 4. The molecule has 0 aliphatic heterocycles. The lowest BCUT2D eigenvalue weighted by atomic mass is 10.0. The Bertz CT molecular complexity index is 1350. The number of para-hydroxylation sites is 1. The standard InChI is InChI=1S/C23H19N3O3/c1-28-20-12-15(11-19(27)22(20)29-2)16-4-3-5-18-21(16)26-23(25-18)14-6-7-17-13(10-14)8-9-24-17/h3-12,24,27H,1-2H3,(H,25,26). The molecule has 0 fully saturated rings. The van der Waals surface area contributed by atoms with Gasteiger partial charge in [0, 0.05) is 28.2 Å². The van der Waals surface area contributed by atoms with E-state index in [0.717, 1.165) is 44.5 Å². The van der Waals surface area contributed by atoms with Gasteiger partial charge in [-0.1, -0.05) is 12.1 Å². The van der Waals surface area contributed by atoms with E-state index in [1.165, 1.54) is 7.11 Å². The van der Waals surface area contributed by atoms with Crippen LogP contribution >= 0.6 is 0 Å². The van der Waals surface area contributed by atoms with Crippen LogP contribution in [0, 0.1) is 0 Å². The van der Waals surface area contributed by atoms with E-state index in [0.29, 0.717) is 11.5 Å². The molecule has 29 heavy (non-hydrogen) atoms.